The van der Waals surface area contributed by atoms with Gasteiger partial charge in [0.05, 0.1) is 0 Å². The zero-order chi connectivity index (χ0) is 17.0. The number of carbonyl (C=O) groups excluding carboxylic acids is 1. The molecule has 0 saturated carbocycles. The molecular weight excluding hydrogens is 308 g/mol. The number of fused-ring (bicyclic) bond motifs is 1. The summed E-state index contributed by atoms with van der Waals surface area (Å²) in [6.45, 7) is 3.61. The first-order valence-electron chi connectivity index (χ1n) is 9.43. The summed E-state index contributed by atoms with van der Waals surface area (Å²) in [5.74, 6) is 1.09. The molecule has 3 heteroatoms. The average molecular weight is 332 g/mol. The number of carbonyl (C=O) groups is 1. The molecule has 2 aromatic rings. The quantitative estimate of drug-likeness (QED) is 0.799. The number of likely N-dealkylation sites (N-methyl/N-ethyl adjacent to an activating group) is 1. The molecule has 3 aliphatic carbocycles. The van der Waals surface area contributed by atoms with Gasteiger partial charge in [-0.2, -0.15) is 0 Å². The predicted molar refractivity (Wildman–Crippen MR) is 99.2 cm³/mol. The Bertz CT molecular complexity index is 836. The maximum absolute atomic E-state index is 13.3. The van der Waals surface area contributed by atoms with Crippen molar-refractivity contribution in [1.29, 1.82) is 0 Å². The second-order valence-corrected chi connectivity index (χ2v) is 7.72. The van der Waals surface area contributed by atoms with E-state index in [4.69, 9.17) is 0 Å². The Hall–Kier alpha value is -2.13. The van der Waals surface area contributed by atoms with Gasteiger partial charge >= 0.3 is 0 Å². The summed E-state index contributed by atoms with van der Waals surface area (Å²) in [6, 6.07) is 15.2. The molecule has 3 nitrogen and oxygen atoms in total. The molecule has 2 unspecified atom stereocenters. The van der Waals surface area contributed by atoms with Gasteiger partial charge in [-0.05, 0) is 48.2 Å². The van der Waals surface area contributed by atoms with Gasteiger partial charge in [-0.15, -0.1) is 0 Å². The first-order valence-corrected chi connectivity index (χ1v) is 9.43. The molecule has 0 N–H and O–H groups in total. The highest BCUT2D eigenvalue weighted by Crippen LogP contribution is 2.53. The highest BCUT2D eigenvalue weighted by atomic mass is 16.2. The normalized spacial score (nSPS) is 24.8. The summed E-state index contributed by atoms with van der Waals surface area (Å²) in [5, 5.41) is 0. The van der Waals surface area contributed by atoms with Crippen LogP contribution in [-0.2, 0) is 0 Å². The molecule has 1 fully saturated rings. The highest BCUT2D eigenvalue weighted by molar-refractivity contribution is 5.97. The van der Waals surface area contributed by atoms with Crippen LogP contribution in [-0.4, -0.2) is 48.9 Å². The molecule has 2 aromatic carbocycles. The summed E-state index contributed by atoms with van der Waals surface area (Å²) in [7, 11) is 2.13. The molecule has 0 spiro atoms. The lowest BCUT2D eigenvalue weighted by atomic mass is 9.63. The Labute approximate surface area is 149 Å². The van der Waals surface area contributed by atoms with Crippen molar-refractivity contribution in [2.45, 2.75) is 24.7 Å². The van der Waals surface area contributed by atoms with Gasteiger partial charge in [0, 0.05) is 43.6 Å². The maximum Gasteiger partial charge on any atom is 0.254 e. The van der Waals surface area contributed by atoms with E-state index in [0.29, 0.717) is 11.8 Å². The van der Waals surface area contributed by atoms with Crippen LogP contribution in [0.25, 0.3) is 0 Å². The Balaban J connectivity index is 1.57. The van der Waals surface area contributed by atoms with Crippen LogP contribution >= 0.6 is 0 Å². The zero-order valence-electron chi connectivity index (χ0n) is 14.7. The molecule has 2 bridgehead atoms. The van der Waals surface area contributed by atoms with Gasteiger partial charge in [-0.25, -0.2) is 0 Å². The largest absolute Gasteiger partial charge is 0.336 e. The van der Waals surface area contributed by atoms with Gasteiger partial charge in [0.2, 0.25) is 0 Å². The van der Waals surface area contributed by atoms with Crippen molar-refractivity contribution < 1.29 is 4.79 Å². The Morgan fingerprint density at radius 3 is 2.24 bits per heavy atom. The topological polar surface area (TPSA) is 23.6 Å². The van der Waals surface area contributed by atoms with Crippen LogP contribution in [0.1, 0.15) is 57.3 Å². The molecule has 4 aliphatic rings. The van der Waals surface area contributed by atoms with E-state index in [1.165, 1.54) is 35.1 Å². The van der Waals surface area contributed by atoms with Crippen LogP contribution in [0, 0.1) is 0 Å². The average Bonchev–Trinajstić information content (AvgIpc) is 2.68. The smallest absolute Gasteiger partial charge is 0.254 e. The van der Waals surface area contributed by atoms with E-state index in [9.17, 15) is 4.79 Å². The van der Waals surface area contributed by atoms with Crippen molar-refractivity contribution >= 4 is 5.91 Å². The molecule has 6 rings (SSSR count). The van der Waals surface area contributed by atoms with E-state index in [1.807, 2.05) is 4.90 Å². The van der Waals surface area contributed by atoms with Gasteiger partial charge in [-0.1, -0.05) is 36.4 Å². The molecule has 0 aromatic heterocycles. The highest BCUT2D eigenvalue weighted by Gasteiger charge is 2.39. The lowest BCUT2D eigenvalue weighted by molar-refractivity contribution is 0.0662. The maximum atomic E-state index is 13.3. The summed E-state index contributed by atoms with van der Waals surface area (Å²) in [6.07, 6.45) is 2.38. The molecule has 1 aliphatic heterocycles. The van der Waals surface area contributed by atoms with Crippen LogP contribution in [0.15, 0.2) is 42.5 Å². The predicted octanol–water partition coefficient (Wildman–Crippen LogP) is 3.45. The molecule has 1 saturated heterocycles. The standard InChI is InChI=1S/C22H24N2O/c1-23-11-13-24(14-12-23)22(25)20-8-4-7-18-17-9-10-19(21(18)20)16-6-3-2-5-15(16)17/h2-8,17,19H,9-14H2,1H3. The third-order valence-electron chi connectivity index (χ3n) is 6.38. The van der Waals surface area contributed by atoms with Gasteiger partial charge in [0.15, 0.2) is 0 Å². The third kappa shape index (κ3) is 2.26. The lowest BCUT2D eigenvalue weighted by Crippen LogP contribution is -2.47. The minimum absolute atomic E-state index is 0.231. The Kier molecular flexibility index (Phi) is 3.46. The molecule has 1 heterocycles. The van der Waals surface area contributed by atoms with E-state index < -0.39 is 0 Å². The Morgan fingerprint density at radius 1 is 0.840 bits per heavy atom. The third-order valence-corrected chi connectivity index (χ3v) is 6.38. The van der Waals surface area contributed by atoms with Crippen molar-refractivity contribution in [3.63, 3.8) is 0 Å². The van der Waals surface area contributed by atoms with E-state index in [0.717, 1.165) is 31.7 Å². The van der Waals surface area contributed by atoms with Gasteiger partial charge in [0.1, 0.15) is 0 Å². The van der Waals surface area contributed by atoms with Crippen molar-refractivity contribution in [2.24, 2.45) is 0 Å². The number of hydrogen-bond acceptors (Lipinski definition) is 2. The molecule has 128 valence electrons. The van der Waals surface area contributed by atoms with Crippen molar-refractivity contribution in [1.82, 2.24) is 9.80 Å². The fourth-order valence-electron chi connectivity index (χ4n) is 5.05. The molecule has 1 amide bonds. The fourth-order valence-corrected chi connectivity index (χ4v) is 5.05. The Morgan fingerprint density at radius 2 is 1.48 bits per heavy atom. The zero-order valence-corrected chi connectivity index (χ0v) is 14.7. The molecule has 0 radical (unpaired) electrons. The van der Waals surface area contributed by atoms with E-state index >= 15 is 0 Å². The summed E-state index contributed by atoms with van der Waals surface area (Å²) < 4.78 is 0. The summed E-state index contributed by atoms with van der Waals surface area (Å²) in [5.41, 5.74) is 6.60. The molecule has 2 atom stereocenters. The second kappa shape index (κ2) is 5.70. The van der Waals surface area contributed by atoms with Crippen LogP contribution < -0.4 is 0 Å². The first kappa shape index (κ1) is 15.2. The number of benzene rings is 2. The number of rotatable bonds is 1. The number of piperazine rings is 1. The van der Waals surface area contributed by atoms with Crippen LogP contribution in [0.2, 0.25) is 0 Å². The summed E-state index contributed by atoms with van der Waals surface area (Å²) in [4.78, 5) is 17.6. The van der Waals surface area contributed by atoms with E-state index in [1.54, 1.807) is 0 Å². The number of hydrogen-bond donors (Lipinski definition) is 0. The van der Waals surface area contributed by atoms with Gasteiger partial charge in [0.25, 0.3) is 5.91 Å². The number of nitrogens with zero attached hydrogens (tertiary/aromatic N) is 2. The van der Waals surface area contributed by atoms with Crippen LogP contribution in [0.3, 0.4) is 0 Å². The molecular formula is C22H24N2O. The summed E-state index contributed by atoms with van der Waals surface area (Å²) >= 11 is 0. The van der Waals surface area contributed by atoms with E-state index in [-0.39, 0.29) is 5.91 Å². The van der Waals surface area contributed by atoms with E-state index in [2.05, 4.69) is 54.4 Å². The first-order chi connectivity index (χ1) is 12.2. The second-order valence-electron chi connectivity index (χ2n) is 7.72. The van der Waals surface area contributed by atoms with Crippen molar-refractivity contribution in [3.05, 3.63) is 70.3 Å². The van der Waals surface area contributed by atoms with Gasteiger partial charge < -0.3 is 9.80 Å². The fraction of sp³-hybridized carbons (Fsp3) is 0.409. The lowest BCUT2D eigenvalue weighted by Gasteiger charge is -2.42. The van der Waals surface area contributed by atoms with Crippen LogP contribution in [0.4, 0.5) is 0 Å². The number of amides is 1. The van der Waals surface area contributed by atoms with Gasteiger partial charge in [-0.3, -0.25) is 4.79 Å². The monoisotopic (exact) mass is 332 g/mol. The van der Waals surface area contributed by atoms with Crippen molar-refractivity contribution in [2.75, 3.05) is 33.2 Å². The minimum atomic E-state index is 0.231. The van der Waals surface area contributed by atoms with Crippen LogP contribution in [0.5, 0.6) is 0 Å². The van der Waals surface area contributed by atoms with Crippen molar-refractivity contribution in [3.8, 4) is 0 Å². The minimum Gasteiger partial charge on any atom is -0.336 e. The SMILES string of the molecule is CN1CCN(C(=O)c2cccc3c2C2CCC3c3ccccc32)CC1. The molecule has 25 heavy (non-hydrogen) atoms.